The van der Waals surface area contributed by atoms with E-state index in [0.29, 0.717) is 0 Å². The van der Waals surface area contributed by atoms with Crippen LogP contribution in [-0.4, -0.2) is 19.2 Å². The van der Waals surface area contributed by atoms with E-state index < -0.39 is 17.7 Å². The van der Waals surface area contributed by atoms with E-state index in [-0.39, 0.29) is 24.5 Å². The molecule has 6 heteroatoms. The number of hydrogen-bond donors (Lipinski definition) is 0. The maximum absolute atomic E-state index is 12.8. The Bertz CT molecular complexity index is 427. The molecule has 1 rings (SSSR count). The zero-order chi connectivity index (χ0) is 13.8. The molecule has 100 valence electrons. The van der Waals surface area contributed by atoms with Gasteiger partial charge in [0.25, 0.3) is 0 Å². The number of carbonyl (C=O) groups is 1. The van der Waals surface area contributed by atoms with Crippen molar-refractivity contribution in [3.05, 3.63) is 29.3 Å². The smallest absolute Gasteiger partial charge is 0.419 e. The monoisotopic (exact) mass is 262 g/mol. The standard InChI is InChI=1S/C12H13F3O3/c1-3-17-10-6-5-8(11(16)18-4-2)7-9(10)12(13,14)15/h5-7H,3-4H2,1-2H3. The predicted octanol–water partition coefficient (Wildman–Crippen LogP) is 3.28. The molecule has 0 bridgehead atoms. The Morgan fingerprint density at radius 2 is 1.89 bits per heavy atom. The molecule has 0 fully saturated rings. The van der Waals surface area contributed by atoms with Crippen molar-refractivity contribution in [2.24, 2.45) is 0 Å². The van der Waals surface area contributed by atoms with Gasteiger partial charge in [-0.1, -0.05) is 0 Å². The van der Waals surface area contributed by atoms with Crippen LogP contribution in [0.4, 0.5) is 13.2 Å². The number of ether oxygens (including phenoxy) is 2. The SMILES string of the molecule is CCOC(=O)c1ccc(OCC)c(C(F)(F)F)c1. The van der Waals surface area contributed by atoms with Crippen LogP contribution < -0.4 is 4.74 Å². The van der Waals surface area contributed by atoms with E-state index >= 15 is 0 Å². The van der Waals surface area contributed by atoms with E-state index in [0.717, 1.165) is 12.1 Å². The number of esters is 1. The second-order valence-corrected chi connectivity index (χ2v) is 3.36. The number of hydrogen-bond acceptors (Lipinski definition) is 3. The predicted molar refractivity (Wildman–Crippen MR) is 58.6 cm³/mol. The molecule has 1 aromatic rings. The highest BCUT2D eigenvalue weighted by Crippen LogP contribution is 2.36. The quantitative estimate of drug-likeness (QED) is 0.781. The Morgan fingerprint density at radius 1 is 1.22 bits per heavy atom. The van der Waals surface area contributed by atoms with E-state index in [9.17, 15) is 18.0 Å². The van der Waals surface area contributed by atoms with E-state index in [1.54, 1.807) is 13.8 Å². The van der Waals surface area contributed by atoms with Crippen molar-refractivity contribution in [3.8, 4) is 5.75 Å². The molecule has 0 radical (unpaired) electrons. The molecule has 0 aromatic heterocycles. The molecule has 0 N–H and O–H groups in total. The van der Waals surface area contributed by atoms with Crippen molar-refractivity contribution in [3.63, 3.8) is 0 Å². The average molecular weight is 262 g/mol. The molecule has 3 nitrogen and oxygen atoms in total. The molecule has 0 aliphatic rings. The molecule has 0 saturated carbocycles. The molecule has 0 spiro atoms. The van der Waals surface area contributed by atoms with Crippen molar-refractivity contribution in [1.29, 1.82) is 0 Å². The van der Waals surface area contributed by atoms with Crippen molar-refractivity contribution in [2.75, 3.05) is 13.2 Å². The van der Waals surface area contributed by atoms with Gasteiger partial charge in [0.2, 0.25) is 0 Å². The van der Waals surface area contributed by atoms with Crippen LogP contribution >= 0.6 is 0 Å². The van der Waals surface area contributed by atoms with Gasteiger partial charge in [0.15, 0.2) is 0 Å². The lowest BCUT2D eigenvalue weighted by atomic mass is 10.1. The van der Waals surface area contributed by atoms with Crippen LogP contribution in [-0.2, 0) is 10.9 Å². The maximum Gasteiger partial charge on any atom is 0.419 e. The number of carbonyl (C=O) groups excluding carboxylic acids is 1. The van der Waals surface area contributed by atoms with Crippen LogP contribution in [0.1, 0.15) is 29.8 Å². The molecule has 0 atom stereocenters. The third kappa shape index (κ3) is 3.38. The summed E-state index contributed by atoms with van der Waals surface area (Å²) < 4.78 is 47.8. The fourth-order valence-electron chi connectivity index (χ4n) is 1.37. The summed E-state index contributed by atoms with van der Waals surface area (Å²) in [5.41, 5.74) is -1.12. The van der Waals surface area contributed by atoms with Gasteiger partial charge in [-0.15, -0.1) is 0 Å². The molecule has 0 saturated heterocycles. The highest BCUT2D eigenvalue weighted by atomic mass is 19.4. The summed E-state index contributed by atoms with van der Waals surface area (Å²) in [6.45, 7) is 3.38. The van der Waals surface area contributed by atoms with Gasteiger partial charge < -0.3 is 9.47 Å². The summed E-state index contributed by atoms with van der Waals surface area (Å²) in [6.07, 6.45) is -4.58. The number of halogens is 3. The third-order valence-electron chi connectivity index (χ3n) is 2.10. The van der Waals surface area contributed by atoms with Gasteiger partial charge in [-0.05, 0) is 32.0 Å². The first-order valence-corrected chi connectivity index (χ1v) is 5.41. The molecule has 18 heavy (non-hydrogen) atoms. The zero-order valence-electron chi connectivity index (χ0n) is 10.0. The maximum atomic E-state index is 12.8. The second-order valence-electron chi connectivity index (χ2n) is 3.36. The minimum absolute atomic E-state index is 0.105. The Hall–Kier alpha value is -1.72. The first kappa shape index (κ1) is 14.3. The number of benzene rings is 1. The average Bonchev–Trinajstić information content (AvgIpc) is 2.28. The minimum Gasteiger partial charge on any atom is -0.493 e. The topological polar surface area (TPSA) is 35.5 Å². The summed E-state index contributed by atoms with van der Waals surface area (Å²) in [7, 11) is 0. The second kappa shape index (κ2) is 5.75. The van der Waals surface area contributed by atoms with E-state index in [1.165, 1.54) is 6.07 Å². The first-order valence-electron chi connectivity index (χ1n) is 5.41. The lowest BCUT2D eigenvalue weighted by Crippen LogP contribution is -2.12. The van der Waals surface area contributed by atoms with Crippen molar-refractivity contribution in [1.82, 2.24) is 0 Å². The third-order valence-corrected chi connectivity index (χ3v) is 2.10. The molecular weight excluding hydrogens is 249 g/mol. The molecule has 0 aliphatic heterocycles. The fourth-order valence-corrected chi connectivity index (χ4v) is 1.37. The number of rotatable bonds is 4. The summed E-state index contributed by atoms with van der Waals surface area (Å²) in [5, 5.41) is 0. The van der Waals surface area contributed by atoms with Crippen LogP contribution in [0.25, 0.3) is 0 Å². The minimum atomic E-state index is -4.58. The molecule has 0 unspecified atom stereocenters. The highest BCUT2D eigenvalue weighted by Gasteiger charge is 2.35. The van der Waals surface area contributed by atoms with Gasteiger partial charge in [-0.2, -0.15) is 13.2 Å². The molecular formula is C12H13F3O3. The molecule has 0 aliphatic carbocycles. The van der Waals surface area contributed by atoms with Crippen molar-refractivity contribution >= 4 is 5.97 Å². The van der Waals surface area contributed by atoms with Crippen LogP contribution in [0.5, 0.6) is 5.75 Å². The van der Waals surface area contributed by atoms with Crippen molar-refractivity contribution in [2.45, 2.75) is 20.0 Å². The summed E-state index contributed by atoms with van der Waals surface area (Å²) in [5.74, 6) is -1.08. The van der Waals surface area contributed by atoms with E-state index in [4.69, 9.17) is 4.74 Å². The Balaban J connectivity index is 3.17. The molecule has 0 heterocycles. The molecule has 0 amide bonds. The largest absolute Gasteiger partial charge is 0.493 e. The fraction of sp³-hybridized carbons (Fsp3) is 0.417. The van der Waals surface area contributed by atoms with E-state index in [1.807, 2.05) is 0 Å². The van der Waals surface area contributed by atoms with Gasteiger partial charge >= 0.3 is 12.1 Å². The summed E-state index contributed by atoms with van der Waals surface area (Å²) in [4.78, 5) is 11.4. The lowest BCUT2D eigenvalue weighted by Gasteiger charge is -2.14. The van der Waals surface area contributed by atoms with Gasteiger partial charge in [-0.25, -0.2) is 4.79 Å². The highest BCUT2D eigenvalue weighted by molar-refractivity contribution is 5.89. The molecule has 1 aromatic carbocycles. The van der Waals surface area contributed by atoms with Crippen LogP contribution in [0.15, 0.2) is 18.2 Å². The van der Waals surface area contributed by atoms with Gasteiger partial charge in [0.1, 0.15) is 5.75 Å². The Kier molecular flexibility index (Phi) is 4.58. The van der Waals surface area contributed by atoms with Gasteiger partial charge in [0, 0.05) is 0 Å². The first-order chi connectivity index (χ1) is 8.40. The summed E-state index contributed by atoms with van der Waals surface area (Å²) >= 11 is 0. The lowest BCUT2D eigenvalue weighted by molar-refractivity contribution is -0.138. The van der Waals surface area contributed by atoms with E-state index in [2.05, 4.69) is 4.74 Å². The summed E-state index contributed by atoms with van der Waals surface area (Å²) in [6, 6.07) is 3.11. The zero-order valence-corrected chi connectivity index (χ0v) is 10.0. The van der Waals surface area contributed by atoms with Gasteiger partial charge in [-0.3, -0.25) is 0 Å². The number of alkyl halides is 3. The van der Waals surface area contributed by atoms with Crippen LogP contribution in [0.2, 0.25) is 0 Å². The van der Waals surface area contributed by atoms with Crippen LogP contribution in [0.3, 0.4) is 0 Å². The van der Waals surface area contributed by atoms with Crippen molar-refractivity contribution < 1.29 is 27.4 Å². The van der Waals surface area contributed by atoms with Crippen LogP contribution in [0, 0.1) is 0 Å². The Morgan fingerprint density at radius 3 is 2.39 bits per heavy atom. The Labute approximate surface area is 103 Å². The van der Waals surface area contributed by atoms with Gasteiger partial charge in [0.05, 0.1) is 24.3 Å². The normalized spacial score (nSPS) is 11.2.